The first-order valence-corrected chi connectivity index (χ1v) is 12.0. The molecule has 0 bridgehead atoms. The predicted molar refractivity (Wildman–Crippen MR) is 126 cm³/mol. The van der Waals surface area contributed by atoms with Crippen molar-refractivity contribution in [3.8, 4) is 11.1 Å². The highest BCUT2D eigenvalue weighted by Gasteiger charge is 2.57. The lowest BCUT2D eigenvalue weighted by atomic mass is 9.98. The van der Waals surface area contributed by atoms with Crippen molar-refractivity contribution in [3.63, 3.8) is 0 Å². The van der Waals surface area contributed by atoms with E-state index in [1.54, 1.807) is 4.90 Å². The fraction of sp³-hybridized carbons (Fsp3) is 0.444. The molecular formula is C27H30N2O5. The summed E-state index contributed by atoms with van der Waals surface area (Å²) in [6, 6.07) is 15.6. The lowest BCUT2D eigenvalue weighted by Crippen LogP contribution is -2.52. The Morgan fingerprint density at radius 2 is 1.65 bits per heavy atom. The Labute approximate surface area is 199 Å². The van der Waals surface area contributed by atoms with Crippen LogP contribution in [0.5, 0.6) is 0 Å². The first-order chi connectivity index (χ1) is 16.4. The number of carbonyl (C=O) groups excluding carboxylic acids is 2. The molecule has 1 aliphatic heterocycles. The van der Waals surface area contributed by atoms with Gasteiger partial charge in [-0.1, -0.05) is 62.4 Å². The quantitative estimate of drug-likeness (QED) is 0.682. The summed E-state index contributed by atoms with van der Waals surface area (Å²) in [5, 5.41) is 12.1. The molecule has 4 atom stereocenters. The van der Waals surface area contributed by atoms with E-state index in [0.717, 1.165) is 22.3 Å². The molecule has 7 nitrogen and oxygen atoms in total. The van der Waals surface area contributed by atoms with E-state index in [-0.39, 0.29) is 42.1 Å². The van der Waals surface area contributed by atoms with Crippen molar-refractivity contribution in [2.75, 3.05) is 19.7 Å². The summed E-state index contributed by atoms with van der Waals surface area (Å²) in [5.74, 6) is -1.26. The van der Waals surface area contributed by atoms with Crippen LogP contribution in [0.25, 0.3) is 11.1 Å². The normalized spacial score (nSPS) is 23.5. The molecule has 34 heavy (non-hydrogen) atoms. The van der Waals surface area contributed by atoms with Crippen molar-refractivity contribution in [2.24, 2.45) is 23.7 Å². The number of benzene rings is 2. The van der Waals surface area contributed by atoms with E-state index < -0.39 is 18.1 Å². The molecule has 2 aliphatic carbocycles. The van der Waals surface area contributed by atoms with Gasteiger partial charge in [0.05, 0.1) is 5.92 Å². The molecule has 2 unspecified atom stereocenters. The van der Waals surface area contributed by atoms with Gasteiger partial charge >= 0.3 is 12.1 Å². The van der Waals surface area contributed by atoms with Crippen molar-refractivity contribution in [1.29, 1.82) is 0 Å². The number of aliphatic carboxylic acids is 1. The lowest BCUT2D eigenvalue weighted by Gasteiger charge is -2.32. The second-order valence-corrected chi connectivity index (χ2v) is 9.96. The van der Waals surface area contributed by atoms with Crippen LogP contribution in [0.15, 0.2) is 48.5 Å². The molecule has 178 valence electrons. The van der Waals surface area contributed by atoms with Gasteiger partial charge in [0.1, 0.15) is 12.6 Å². The van der Waals surface area contributed by atoms with Gasteiger partial charge in [-0.05, 0) is 46.4 Å². The van der Waals surface area contributed by atoms with Gasteiger partial charge in [-0.3, -0.25) is 9.59 Å². The number of carboxylic acids is 1. The van der Waals surface area contributed by atoms with E-state index in [1.165, 1.54) is 0 Å². The molecule has 7 heteroatoms. The fourth-order valence-corrected chi connectivity index (χ4v) is 5.78. The summed E-state index contributed by atoms with van der Waals surface area (Å²) >= 11 is 0. The van der Waals surface area contributed by atoms with Gasteiger partial charge in [-0.2, -0.15) is 0 Å². The number of carboxylic acid groups (broad SMARTS) is 1. The Balaban J connectivity index is 1.22. The van der Waals surface area contributed by atoms with Gasteiger partial charge in [0.25, 0.3) is 0 Å². The van der Waals surface area contributed by atoms with Gasteiger partial charge in [-0.25, -0.2) is 4.79 Å². The van der Waals surface area contributed by atoms with Crippen molar-refractivity contribution >= 4 is 18.0 Å². The number of likely N-dealkylation sites (tertiary alicyclic amines) is 1. The summed E-state index contributed by atoms with van der Waals surface area (Å²) in [6.07, 6.45) is 0.0852. The molecule has 3 aliphatic rings. The molecule has 0 radical (unpaired) electrons. The maximum Gasteiger partial charge on any atom is 0.407 e. The molecule has 0 aromatic heterocycles. The van der Waals surface area contributed by atoms with Crippen LogP contribution >= 0.6 is 0 Å². The number of nitrogens with one attached hydrogen (secondary N) is 1. The second-order valence-electron chi connectivity index (χ2n) is 9.96. The molecule has 0 spiro atoms. The van der Waals surface area contributed by atoms with E-state index >= 15 is 0 Å². The zero-order valence-electron chi connectivity index (χ0n) is 19.4. The van der Waals surface area contributed by atoms with Gasteiger partial charge in [0.2, 0.25) is 5.91 Å². The Morgan fingerprint density at radius 1 is 1.03 bits per heavy atom. The maximum atomic E-state index is 13.2. The van der Waals surface area contributed by atoms with Crippen LogP contribution in [-0.4, -0.2) is 53.7 Å². The number of alkyl carbamates (subject to hydrolysis) is 1. The number of ether oxygens (including phenoxy) is 1. The molecule has 2 aromatic rings. The summed E-state index contributed by atoms with van der Waals surface area (Å²) < 4.78 is 5.64. The lowest BCUT2D eigenvalue weighted by molar-refractivity contribution is -0.139. The minimum absolute atomic E-state index is 0.0254. The van der Waals surface area contributed by atoms with Gasteiger partial charge in [-0.15, -0.1) is 0 Å². The summed E-state index contributed by atoms with van der Waals surface area (Å²) in [6.45, 7) is 4.93. The van der Waals surface area contributed by atoms with Crippen LogP contribution in [0.2, 0.25) is 0 Å². The molecule has 5 rings (SSSR count). The van der Waals surface area contributed by atoms with E-state index in [1.807, 2.05) is 38.1 Å². The molecular weight excluding hydrogens is 432 g/mol. The molecule has 1 saturated carbocycles. The van der Waals surface area contributed by atoms with Crippen LogP contribution < -0.4 is 5.32 Å². The third kappa shape index (κ3) is 3.93. The SMILES string of the molecule is CC(C)C(NC(=O)OCC1c2ccccc2-c2ccccc21)C(=O)N1CC[C@@H]2C(C(=O)O)[C@@H]2C1. The van der Waals surface area contributed by atoms with Crippen LogP contribution in [0.4, 0.5) is 4.79 Å². The minimum atomic E-state index is -0.776. The minimum Gasteiger partial charge on any atom is -0.481 e. The highest BCUT2D eigenvalue weighted by Crippen LogP contribution is 2.51. The van der Waals surface area contributed by atoms with Gasteiger partial charge < -0.3 is 20.1 Å². The molecule has 2 amide bonds. The molecule has 2 aromatic carbocycles. The Bertz CT molecular complexity index is 1080. The smallest absolute Gasteiger partial charge is 0.407 e. The summed E-state index contributed by atoms with van der Waals surface area (Å²) in [7, 11) is 0. The zero-order valence-corrected chi connectivity index (χ0v) is 19.4. The highest BCUT2D eigenvalue weighted by atomic mass is 16.5. The number of carbonyl (C=O) groups is 3. The molecule has 2 fully saturated rings. The maximum absolute atomic E-state index is 13.2. The summed E-state index contributed by atoms with van der Waals surface area (Å²) in [5.41, 5.74) is 4.58. The van der Waals surface area contributed by atoms with Crippen LogP contribution in [0, 0.1) is 23.7 Å². The summed E-state index contributed by atoms with van der Waals surface area (Å²) in [4.78, 5) is 39.0. The largest absolute Gasteiger partial charge is 0.481 e. The average molecular weight is 463 g/mol. The van der Waals surface area contributed by atoms with Crippen LogP contribution in [0.3, 0.4) is 0 Å². The Kier molecular flexibility index (Phi) is 5.80. The number of hydrogen-bond donors (Lipinski definition) is 2. The van der Waals surface area contributed by atoms with Crippen molar-refractivity contribution in [2.45, 2.75) is 32.2 Å². The molecule has 1 heterocycles. The zero-order chi connectivity index (χ0) is 24.0. The van der Waals surface area contributed by atoms with Gasteiger partial charge in [0, 0.05) is 19.0 Å². The number of fused-ring (bicyclic) bond motifs is 4. The fourth-order valence-electron chi connectivity index (χ4n) is 5.78. The Morgan fingerprint density at radius 3 is 2.24 bits per heavy atom. The topological polar surface area (TPSA) is 95.9 Å². The number of piperidine rings is 1. The highest BCUT2D eigenvalue weighted by molar-refractivity contribution is 5.86. The van der Waals surface area contributed by atoms with E-state index in [2.05, 4.69) is 29.6 Å². The number of nitrogens with zero attached hydrogens (tertiary/aromatic N) is 1. The number of amides is 2. The molecule has 1 saturated heterocycles. The van der Waals surface area contributed by atoms with Crippen molar-refractivity contribution in [1.82, 2.24) is 10.2 Å². The number of rotatable bonds is 6. The Hall–Kier alpha value is -3.35. The van der Waals surface area contributed by atoms with Crippen molar-refractivity contribution in [3.05, 3.63) is 59.7 Å². The van der Waals surface area contributed by atoms with Crippen LogP contribution in [0.1, 0.15) is 37.3 Å². The third-order valence-electron chi connectivity index (χ3n) is 7.64. The predicted octanol–water partition coefficient (Wildman–Crippen LogP) is 3.73. The average Bonchev–Trinajstić information content (AvgIpc) is 3.48. The van der Waals surface area contributed by atoms with Crippen LogP contribution in [-0.2, 0) is 14.3 Å². The van der Waals surface area contributed by atoms with Gasteiger partial charge in [0.15, 0.2) is 0 Å². The second kappa shape index (κ2) is 8.78. The number of hydrogen-bond acceptors (Lipinski definition) is 4. The molecule has 2 N–H and O–H groups in total. The monoisotopic (exact) mass is 462 g/mol. The van der Waals surface area contributed by atoms with E-state index in [0.29, 0.717) is 19.5 Å². The van der Waals surface area contributed by atoms with E-state index in [4.69, 9.17) is 4.74 Å². The van der Waals surface area contributed by atoms with Crippen molar-refractivity contribution < 1.29 is 24.2 Å². The van der Waals surface area contributed by atoms with E-state index in [9.17, 15) is 19.5 Å². The third-order valence-corrected chi connectivity index (χ3v) is 7.64. The standard InChI is InChI=1S/C27H30N2O5/c1-15(2)24(25(30)29-12-11-20-21(13-29)23(20)26(31)32)28-27(33)34-14-22-18-9-5-3-7-16(18)17-8-4-6-10-19(17)22/h3-10,15,20-24H,11-14H2,1-2H3,(H,28,33)(H,31,32)/t20-,21+,23?,24?/m0/s1. The first-order valence-electron chi connectivity index (χ1n) is 12.0. The first kappa shape index (κ1) is 22.4.